The quantitative estimate of drug-likeness (QED) is 0.608. The van der Waals surface area contributed by atoms with E-state index in [1.165, 1.54) is 6.92 Å². The van der Waals surface area contributed by atoms with E-state index >= 15 is 0 Å². The van der Waals surface area contributed by atoms with Crippen LogP contribution in [0.25, 0.3) is 11.2 Å². The van der Waals surface area contributed by atoms with Crippen LogP contribution in [0.15, 0.2) is 24.7 Å². The largest absolute Gasteiger partial charge is 0.294 e. The average Bonchev–Trinajstić information content (AvgIpc) is 2.17. The average molecular weight is 173 g/mol. The fourth-order valence-corrected chi connectivity index (χ4v) is 1.16. The van der Waals surface area contributed by atoms with Crippen LogP contribution in [0, 0.1) is 0 Å². The van der Waals surface area contributed by atoms with Gasteiger partial charge in [-0.3, -0.25) is 9.78 Å². The number of carbonyl (C=O) groups is 1. The molecule has 13 heavy (non-hydrogen) atoms. The molecule has 0 aliphatic rings. The Labute approximate surface area is 74.7 Å². The SMILES string of the molecule is CC(=O)c1ccnc2nccnc12. The van der Waals surface area contributed by atoms with Crippen molar-refractivity contribution in [3.05, 3.63) is 30.2 Å². The maximum atomic E-state index is 11.2. The fourth-order valence-electron chi connectivity index (χ4n) is 1.16. The number of nitrogens with zero attached hydrogens (tertiary/aromatic N) is 3. The number of aromatic nitrogens is 3. The first-order valence-corrected chi connectivity index (χ1v) is 3.85. The van der Waals surface area contributed by atoms with Crippen LogP contribution in [0.1, 0.15) is 17.3 Å². The Morgan fingerprint density at radius 2 is 1.85 bits per heavy atom. The van der Waals surface area contributed by atoms with Crippen molar-refractivity contribution < 1.29 is 4.79 Å². The van der Waals surface area contributed by atoms with Gasteiger partial charge >= 0.3 is 0 Å². The van der Waals surface area contributed by atoms with Crippen LogP contribution in [-0.4, -0.2) is 20.7 Å². The second-order valence-corrected chi connectivity index (χ2v) is 2.64. The molecule has 2 aromatic heterocycles. The molecule has 2 aromatic rings. The van der Waals surface area contributed by atoms with Crippen molar-refractivity contribution in [2.24, 2.45) is 0 Å². The van der Waals surface area contributed by atoms with Gasteiger partial charge in [0, 0.05) is 24.2 Å². The van der Waals surface area contributed by atoms with Crippen LogP contribution in [-0.2, 0) is 0 Å². The maximum absolute atomic E-state index is 11.2. The second kappa shape index (κ2) is 2.90. The monoisotopic (exact) mass is 173 g/mol. The smallest absolute Gasteiger partial charge is 0.178 e. The lowest BCUT2D eigenvalue weighted by molar-refractivity contribution is 0.101. The fraction of sp³-hybridized carbons (Fsp3) is 0.111. The highest BCUT2D eigenvalue weighted by atomic mass is 16.1. The van der Waals surface area contributed by atoms with Gasteiger partial charge in [-0.1, -0.05) is 0 Å². The van der Waals surface area contributed by atoms with Crippen molar-refractivity contribution >= 4 is 16.9 Å². The molecule has 4 heteroatoms. The zero-order chi connectivity index (χ0) is 9.26. The van der Waals surface area contributed by atoms with Gasteiger partial charge in [-0.2, -0.15) is 0 Å². The number of pyridine rings is 1. The standard InChI is InChI=1S/C9H7N3O/c1-6(13)7-2-3-11-9-8(7)10-4-5-12-9/h2-5H,1H3. The highest BCUT2D eigenvalue weighted by molar-refractivity contribution is 6.03. The summed E-state index contributed by atoms with van der Waals surface area (Å²) < 4.78 is 0. The molecule has 0 bridgehead atoms. The van der Waals surface area contributed by atoms with Crippen LogP contribution in [0.4, 0.5) is 0 Å². The first-order valence-electron chi connectivity index (χ1n) is 3.85. The Balaban J connectivity index is 2.83. The second-order valence-electron chi connectivity index (χ2n) is 2.64. The molecule has 2 heterocycles. The van der Waals surface area contributed by atoms with Crippen molar-refractivity contribution in [1.29, 1.82) is 0 Å². The zero-order valence-electron chi connectivity index (χ0n) is 7.06. The predicted octanol–water partition coefficient (Wildman–Crippen LogP) is 1.23. The zero-order valence-corrected chi connectivity index (χ0v) is 7.06. The van der Waals surface area contributed by atoms with Crippen LogP contribution in [0.5, 0.6) is 0 Å². The van der Waals surface area contributed by atoms with Gasteiger partial charge in [0.1, 0.15) is 5.52 Å². The Morgan fingerprint density at radius 3 is 2.62 bits per heavy atom. The van der Waals surface area contributed by atoms with E-state index in [1.54, 1.807) is 24.7 Å². The molecule has 0 aliphatic heterocycles. The van der Waals surface area contributed by atoms with E-state index in [0.717, 1.165) is 0 Å². The van der Waals surface area contributed by atoms with E-state index in [4.69, 9.17) is 0 Å². The molecular formula is C9H7N3O. The van der Waals surface area contributed by atoms with E-state index < -0.39 is 0 Å². The van der Waals surface area contributed by atoms with Crippen molar-refractivity contribution in [1.82, 2.24) is 15.0 Å². The molecule has 0 radical (unpaired) electrons. The lowest BCUT2D eigenvalue weighted by Crippen LogP contribution is -1.97. The highest BCUT2D eigenvalue weighted by Crippen LogP contribution is 2.11. The lowest BCUT2D eigenvalue weighted by atomic mass is 10.2. The Bertz CT molecular complexity index is 462. The Hall–Kier alpha value is -1.84. The minimum atomic E-state index is -0.0205. The predicted molar refractivity (Wildman–Crippen MR) is 47.3 cm³/mol. The van der Waals surface area contributed by atoms with Crippen LogP contribution in [0.3, 0.4) is 0 Å². The normalized spacial score (nSPS) is 10.2. The molecule has 0 aromatic carbocycles. The molecule has 0 unspecified atom stereocenters. The summed E-state index contributed by atoms with van der Waals surface area (Å²) in [5.74, 6) is -0.0205. The number of carbonyl (C=O) groups excluding carboxylic acids is 1. The van der Waals surface area contributed by atoms with Crippen LogP contribution in [0.2, 0.25) is 0 Å². The van der Waals surface area contributed by atoms with Gasteiger partial charge in [0.2, 0.25) is 0 Å². The van der Waals surface area contributed by atoms with Crippen molar-refractivity contribution in [2.75, 3.05) is 0 Å². The number of ketones is 1. The van der Waals surface area contributed by atoms with Crippen LogP contribution >= 0.6 is 0 Å². The Morgan fingerprint density at radius 1 is 1.15 bits per heavy atom. The molecule has 0 N–H and O–H groups in total. The summed E-state index contributed by atoms with van der Waals surface area (Å²) in [4.78, 5) is 23.2. The molecule has 0 atom stereocenters. The topological polar surface area (TPSA) is 55.7 Å². The van der Waals surface area contributed by atoms with E-state index in [-0.39, 0.29) is 5.78 Å². The molecule has 0 saturated carbocycles. The minimum absolute atomic E-state index is 0.0205. The summed E-state index contributed by atoms with van der Waals surface area (Å²) in [6.45, 7) is 1.50. The third-order valence-electron chi connectivity index (χ3n) is 1.75. The number of hydrogen-bond acceptors (Lipinski definition) is 4. The first-order chi connectivity index (χ1) is 6.29. The number of Topliss-reactive ketones (excluding diaryl/α,β-unsaturated/α-hetero) is 1. The number of rotatable bonds is 1. The van der Waals surface area contributed by atoms with E-state index in [0.29, 0.717) is 16.7 Å². The van der Waals surface area contributed by atoms with Crippen molar-refractivity contribution in [2.45, 2.75) is 6.92 Å². The van der Waals surface area contributed by atoms with Gasteiger partial charge < -0.3 is 0 Å². The first kappa shape index (κ1) is 7.79. The van der Waals surface area contributed by atoms with Gasteiger partial charge in [0.25, 0.3) is 0 Å². The van der Waals surface area contributed by atoms with Gasteiger partial charge in [0.05, 0.1) is 0 Å². The van der Waals surface area contributed by atoms with Crippen molar-refractivity contribution in [3.8, 4) is 0 Å². The van der Waals surface area contributed by atoms with Gasteiger partial charge in [-0.15, -0.1) is 0 Å². The molecule has 2 rings (SSSR count). The van der Waals surface area contributed by atoms with Crippen molar-refractivity contribution in [3.63, 3.8) is 0 Å². The molecule has 64 valence electrons. The molecule has 4 nitrogen and oxygen atoms in total. The summed E-state index contributed by atoms with van der Waals surface area (Å²) in [5.41, 5.74) is 1.64. The third kappa shape index (κ3) is 1.26. The van der Waals surface area contributed by atoms with Crippen LogP contribution < -0.4 is 0 Å². The molecule has 0 fully saturated rings. The molecule has 0 aliphatic carbocycles. The molecular weight excluding hydrogens is 166 g/mol. The van der Waals surface area contributed by atoms with Gasteiger partial charge in [-0.05, 0) is 13.0 Å². The molecule has 0 amide bonds. The summed E-state index contributed by atoms with van der Waals surface area (Å²) in [7, 11) is 0. The van der Waals surface area contributed by atoms with Gasteiger partial charge in [0.15, 0.2) is 11.4 Å². The van der Waals surface area contributed by atoms with E-state index in [1.807, 2.05) is 0 Å². The maximum Gasteiger partial charge on any atom is 0.178 e. The van der Waals surface area contributed by atoms with E-state index in [2.05, 4.69) is 15.0 Å². The number of fused-ring (bicyclic) bond motifs is 1. The minimum Gasteiger partial charge on any atom is -0.294 e. The summed E-state index contributed by atoms with van der Waals surface area (Å²) in [6, 6.07) is 1.65. The summed E-state index contributed by atoms with van der Waals surface area (Å²) >= 11 is 0. The highest BCUT2D eigenvalue weighted by Gasteiger charge is 2.06. The van der Waals surface area contributed by atoms with Gasteiger partial charge in [-0.25, -0.2) is 9.97 Å². The summed E-state index contributed by atoms with van der Waals surface area (Å²) in [6.07, 6.45) is 4.67. The van der Waals surface area contributed by atoms with E-state index in [9.17, 15) is 4.79 Å². The third-order valence-corrected chi connectivity index (χ3v) is 1.75. The Kier molecular flexibility index (Phi) is 1.73. The summed E-state index contributed by atoms with van der Waals surface area (Å²) in [5, 5.41) is 0. The molecule has 0 spiro atoms. The molecule has 0 saturated heterocycles. The number of hydrogen-bond donors (Lipinski definition) is 0. The lowest BCUT2D eigenvalue weighted by Gasteiger charge is -1.98.